The Hall–Kier alpha value is -2.63. The van der Waals surface area contributed by atoms with Crippen LogP contribution in [0.5, 0.6) is 0 Å². The van der Waals surface area contributed by atoms with Crippen LogP contribution in [0.25, 0.3) is 0 Å². The van der Waals surface area contributed by atoms with Crippen molar-refractivity contribution in [3.05, 3.63) is 42.7 Å². The maximum atomic E-state index is 11.4. The molecule has 23 heavy (non-hydrogen) atoms. The molecule has 0 atom stereocenters. The zero-order valence-electron chi connectivity index (χ0n) is 13.3. The number of amides is 1. The van der Waals surface area contributed by atoms with Crippen LogP contribution < -0.4 is 15.1 Å². The van der Waals surface area contributed by atoms with Crippen LogP contribution in [0.1, 0.15) is 13.3 Å². The highest BCUT2D eigenvalue weighted by Crippen LogP contribution is 2.18. The van der Waals surface area contributed by atoms with Crippen molar-refractivity contribution in [3.63, 3.8) is 0 Å². The summed E-state index contributed by atoms with van der Waals surface area (Å²) in [6, 6.07) is 10.4. The standard InChI is InChI=1S/C17H21N5O/c1-2-16(23)20-14-12-18-17(19-13-14)22-10-8-21(9-11-22)15-6-4-3-5-7-15/h3-7,12-13H,2,8-11H2,1H3,(H,20,23). The van der Waals surface area contributed by atoms with Crippen LogP contribution in [0.4, 0.5) is 17.3 Å². The van der Waals surface area contributed by atoms with E-state index >= 15 is 0 Å². The quantitative estimate of drug-likeness (QED) is 0.937. The van der Waals surface area contributed by atoms with Crippen LogP contribution in [0.15, 0.2) is 42.7 Å². The summed E-state index contributed by atoms with van der Waals surface area (Å²) < 4.78 is 0. The smallest absolute Gasteiger partial charge is 0.225 e. The van der Waals surface area contributed by atoms with Gasteiger partial charge >= 0.3 is 0 Å². The number of aromatic nitrogens is 2. The number of nitrogens with one attached hydrogen (secondary N) is 1. The number of carbonyl (C=O) groups excluding carboxylic acids is 1. The molecular formula is C17H21N5O. The molecule has 2 aromatic rings. The molecule has 0 saturated carbocycles. The van der Waals surface area contributed by atoms with Crippen LogP contribution in [-0.2, 0) is 4.79 Å². The van der Waals surface area contributed by atoms with Crippen molar-refractivity contribution in [2.75, 3.05) is 41.3 Å². The Labute approximate surface area is 136 Å². The third-order valence-corrected chi connectivity index (χ3v) is 3.93. The Bertz CT molecular complexity index is 636. The minimum absolute atomic E-state index is 0.0298. The summed E-state index contributed by atoms with van der Waals surface area (Å²) in [7, 11) is 0. The first-order valence-electron chi connectivity index (χ1n) is 7.93. The van der Waals surface area contributed by atoms with E-state index in [0.29, 0.717) is 18.1 Å². The molecule has 1 aliphatic rings. The summed E-state index contributed by atoms with van der Waals surface area (Å²) in [5, 5.41) is 2.76. The minimum atomic E-state index is -0.0298. The van der Waals surface area contributed by atoms with Gasteiger partial charge in [0.1, 0.15) is 0 Å². The van der Waals surface area contributed by atoms with Crippen LogP contribution in [0, 0.1) is 0 Å². The van der Waals surface area contributed by atoms with E-state index in [1.54, 1.807) is 12.4 Å². The Kier molecular flexibility index (Phi) is 4.71. The lowest BCUT2D eigenvalue weighted by molar-refractivity contribution is -0.115. The number of para-hydroxylation sites is 1. The number of anilines is 3. The van der Waals surface area contributed by atoms with Gasteiger partial charge in [-0.1, -0.05) is 25.1 Å². The molecule has 0 spiro atoms. The molecule has 2 heterocycles. The minimum Gasteiger partial charge on any atom is -0.368 e. The second kappa shape index (κ2) is 7.09. The summed E-state index contributed by atoms with van der Waals surface area (Å²) in [5.74, 6) is 0.685. The largest absolute Gasteiger partial charge is 0.368 e. The zero-order valence-corrected chi connectivity index (χ0v) is 13.3. The number of carbonyl (C=O) groups is 1. The normalized spacial score (nSPS) is 14.7. The number of benzene rings is 1. The van der Waals surface area contributed by atoms with Crippen molar-refractivity contribution in [1.82, 2.24) is 9.97 Å². The van der Waals surface area contributed by atoms with Gasteiger partial charge in [-0.15, -0.1) is 0 Å². The molecule has 3 rings (SSSR count). The molecule has 0 bridgehead atoms. The van der Waals surface area contributed by atoms with Gasteiger partial charge in [0.25, 0.3) is 0 Å². The number of nitrogens with zero attached hydrogens (tertiary/aromatic N) is 4. The van der Waals surface area contributed by atoms with Crippen LogP contribution in [0.3, 0.4) is 0 Å². The van der Waals surface area contributed by atoms with E-state index in [1.165, 1.54) is 5.69 Å². The molecular weight excluding hydrogens is 290 g/mol. The van der Waals surface area contributed by atoms with E-state index in [4.69, 9.17) is 0 Å². The predicted molar refractivity (Wildman–Crippen MR) is 91.8 cm³/mol. The third-order valence-electron chi connectivity index (χ3n) is 3.93. The lowest BCUT2D eigenvalue weighted by atomic mass is 10.2. The van der Waals surface area contributed by atoms with Gasteiger partial charge in [-0.2, -0.15) is 0 Å². The van der Waals surface area contributed by atoms with Crippen molar-refractivity contribution in [1.29, 1.82) is 0 Å². The third kappa shape index (κ3) is 3.77. The molecule has 1 amide bonds. The van der Waals surface area contributed by atoms with Gasteiger partial charge in [0.05, 0.1) is 18.1 Å². The maximum absolute atomic E-state index is 11.4. The van der Waals surface area contributed by atoms with Gasteiger partial charge in [-0.05, 0) is 12.1 Å². The first kappa shape index (κ1) is 15.3. The highest BCUT2D eigenvalue weighted by atomic mass is 16.1. The van der Waals surface area contributed by atoms with Gasteiger partial charge in [-0.25, -0.2) is 9.97 Å². The molecule has 6 heteroatoms. The molecule has 1 aromatic heterocycles. The molecule has 1 aliphatic heterocycles. The van der Waals surface area contributed by atoms with Crippen molar-refractivity contribution >= 4 is 23.2 Å². The molecule has 0 aliphatic carbocycles. The summed E-state index contributed by atoms with van der Waals surface area (Å²) in [5.41, 5.74) is 1.90. The van der Waals surface area contributed by atoms with E-state index in [2.05, 4.69) is 49.4 Å². The van der Waals surface area contributed by atoms with Crippen LogP contribution in [0.2, 0.25) is 0 Å². The second-order valence-electron chi connectivity index (χ2n) is 5.48. The Morgan fingerprint density at radius 2 is 1.65 bits per heavy atom. The highest BCUT2D eigenvalue weighted by molar-refractivity contribution is 5.90. The Morgan fingerprint density at radius 1 is 1.04 bits per heavy atom. The molecule has 0 unspecified atom stereocenters. The Morgan fingerprint density at radius 3 is 2.26 bits per heavy atom. The Balaban J connectivity index is 1.58. The van der Waals surface area contributed by atoms with Gasteiger partial charge < -0.3 is 15.1 Å². The number of piperazine rings is 1. The van der Waals surface area contributed by atoms with Gasteiger partial charge in [0.15, 0.2) is 0 Å². The highest BCUT2D eigenvalue weighted by Gasteiger charge is 2.19. The lowest BCUT2D eigenvalue weighted by Gasteiger charge is -2.36. The predicted octanol–water partition coefficient (Wildman–Crippen LogP) is 2.15. The van der Waals surface area contributed by atoms with E-state index in [0.717, 1.165) is 26.2 Å². The number of rotatable bonds is 4. The molecule has 1 N–H and O–H groups in total. The second-order valence-corrected chi connectivity index (χ2v) is 5.48. The zero-order chi connectivity index (χ0) is 16.1. The van der Waals surface area contributed by atoms with Crippen molar-refractivity contribution < 1.29 is 4.79 Å². The molecule has 1 fully saturated rings. The summed E-state index contributed by atoms with van der Waals surface area (Å²) in [6.07, 6.45) is 3.78. The van der Waals surface area contributed by atoms with Gasteiger partial charge in [0.2, 0.25) is 11.9 Å². The molecule has 0 radical (unpaired) electrons. The van der Waals surface area contributed by atoms with E-state index in [1.807, 2.05) is 13.0 Å². The monoisotopic (exact) mass is 311 g/mol. The molecule has 1 aromatic carbocycles. The first-order valence-corrected chi connectivity index (χ1v) is 7.93. The molecule has 1 saturated heterocycles. The van der Waals surface area contributed by atoms with Crippen molar-refractivity contribution in [2.45, 2.75) is 13.3 Å². The molecule has 120 valence electrons. The average Bonchev–Trinajstić information content (AvgIpc) is 2.63. The lowest BCUT2D eigenvalue weighted by Crippen LogP contribution is -2.47. The topological polar surface area (TPSA) is 61.4 Å². The van der Waals surface area contributed by atoms with E-state index < -0.39 is 0 Å². The van der Waals surface area contributed by atoms with Gasteiger partial charge in [-0.3, -0.25) is 4.79 Å². The maximum Gasteiger partial charge on any atom is 0.225 e. The summed E-state index contributed by atoms with van der Waals surface area (Å²) >= 11 is 0. The fraction of sp³-hybridized carbons (Fsp3) is 0.353. The van der Waals surface area contributed by atoms with Crippen molar-refractivity contribution in [2.24, 2.45) is 0 Å². The first-order chi connectivity index (χ1) is 11.3. The molecule has 6 nitrogen and oxygen atoms in total. The van der Waals surface area contributed by atoms with Crippen LogP contribution >= 0.6 is 0 Å². The van der Waals surface area contributed by atoms with E-state index in [-0.39, 0.29) is 5.91 Å². The number of hydrogen-bond donors (Lipinski definition) is 1. The summed E-state index contributed by atoms with van der Waals surface area (Å²) in [4.78, 5) is 24.6. The number of hydrogen-bond acceptors (Lipinski definition) is 5. The van der Waals surface area contributed by atoms with Crippen molar-refractivity contribution in [3.8, 4) is 0 Å². The SMILES string of the molecule is CCC(=O)Nc1cnc(N2CCN(c3ccccc3)CC2)nc1. The fourth-order valence-corrected chi connectivity index (χ4v) is 2.60. The average molecular weight is 311 g/mol. The van der Waals surface area contributed by atoms with Crippen LogP contribution in [-0.4, -0.2) is 42.1 Å². The van der Waals surface area contributed by atoms with Gasteiger partial charge in [0, 0.05) is 38.3 Å². The van der Waals surface area contributed by atoms with E-state index in [9.17, 15) is 4.79 Å². The fourth-order valence-electron chi connectivity index (χ4n) is 2.60. The summed E-state index contributed by atoms with van der Waals surface area (Å²) in [6.45, 7) is 5.48.